The van der Waals surface area contributed by atoms with E-state index in [4.69, 9.17) is 10.5 Å². The predicted molar refractivity (Wildman–Crippen MR) is 136 cm³/mol. The lowest BCUT2D eigenvalue weighted by atomic mass is 9.47. The Morgan fingerprint density at radius 1 is 1.15 bits per heavy atom. The number of hydrogen-bond donors (Lipinski definition) is 2. The quantitative estimate of drug-likeness (QED) is 0.309. The fourth-order valence-electron chi connectivity index (χ4n) is 8.62. The molecule has 4 rings (SSSR count). The summed E-state index contributed by atoms with van der Waals surface area (Å²) in [6, 6.07) is 0. The molecule has 3 fully saturated rings. The second kappa shape index (κ2) is 10.3. The van der Waals surface area contributed by atoms with Crippen molar-refractivity contribution in [3.05, 3.63) is 11.6 Å². The van der Waals surface area contributed by atoms with Crippen LogP contribution in [0.15, 0.2) is 11.6 Å². The SMILES string of the molecule is CC(C)CCCCC1CCC2C3CC=C4CC(OC(=O)NCCN)CCC4(C)C3CCC12C. The van der Waals surface area contributed by atoms with Crippen LogP contribution in [0.25, 0.3) is 0 Å². The molecule has 33 heavy (non-hydrogen) atoms. The van der Waals surface area contributed by atoms with E-state index in [1.807, 2.05) is 0 Å². The Hall–Kier alpha value is -1.03. The first-order chi connectivity index (χ1) is 15.8. The van der Waals surface area contributed by atoms with Gasteiger partial charge in [0.1, 0.15) is 6.10 Å². The second-order valence-electron chi connectivity index (χ2n) is 12.7. The van der Waals surface area contributed by atoms with Crippen molar-refractivity contribution < 1.29 is 9.53 Å². The molecular formula is C29H50N2O2. The molecule has 7 unspecified atom stereocenters. The summed E-state index contributed by atoms with van der Waals surface area (Å²) >= 11 is 0. The van der Waals surface area contributed by atoms with Crippen molar-refractivity contribution in [2.24, 2.45) is 46.2 Å². The molecule has 3 saturated carbocycles. The number of ether oxygens (including phenoxy) is 1. The lowest BCUT2D eigenvalue weighted by Crippen LogP contribution is -2.50. The number of carbonyl (C=O) groups is 1. The van der Waals surface area contributed by atoms with Gasteiger partial charge in [-0.1, -0.05) is 58.6 Å². The second-order valence-corrected chi connectivity index (χ2v) is 12.7. The highest BCUT2D eigenvalue weighted by Crippen LogP contribution is 2.66. The summed E-state index contributed by atoms with van der Waals surface area (Å²) in [6.45, 7) is 10.9. The maximum atomic E-state index is 12.0. The Balaban J connectivity index is 1.39. The van der Waals surface area contributed by atoms with Crippen LogP contribution < -0.4 is 11.1 Å². The number of nitrogens with one attached hydrogen (secondary N) is 1. The Morgan fingerprint density at radius 2 is 1.97 bits per heavy atom. The van der Waals surface area contributed by atoms with E-state index in [1.165, 1.54) is 57.8 Å². The molecule has 0 bridgehead atoms. The van der Waals surface area contributed by atoms with Crippen molar-refractivity contribution in [3.63, 3.8) is 0 Å². The van der Waals surface area contributed by atoms with Gasteiger partial charge in [0.05, 0.1) is 0 Å². The zero-order chi connectivity index (χ0) is 23.6. The van der Waals surface area contributed by atoms with Crippen LogP contribution in [0.1, 0.15) is 105 Å². The summed E-state index contributed by atoms with van der Waals surface area (Å²) in [5.41, 5.74) is 7.96. The molecule has 0 saturated heterocycles. The molecule has 4 aliphatic rings. The first-order valence-electron chi connectivity index (χ1n) is 14.1. The minimum absolute atomic E-state index is 0.0224. The van der Waals surface area contributed by atoms with E-state index in [2.05, 4.69) is 39.1 Å². The Labute approximate surface area is 202 Å². The van der Waals surface area contributed by atoms with Crippen LogP contribution in [-0.4, -0.2) is 25.3 Å². The molecule has 0 spiro atoms. The largest absolute Gasteiger partial charge is 0.446 e. The molecular weight excluding hydrogens is 408 g/mol. The molecule has 4 nitrogen and oxygen atoms in total. The number of unbranched alkanes of at least 4 members (excludes halogenated alkanes) is 1. The van der Waals surface area contributed by atoms with Crippen molar-refractivity contribution in [2.45, 2.75) is 111 Å². The van der Waals surface area contributed by atoms with Gasteiger partial charge in [0, 0.05) is 19.5 Å². The minimum atomic E-state index is -0.304. The van der Waals surface area contributed by atoms with Gasteiger partial charge in [-0.3, -0.25) is 0 Å². The molecule has 0 heterocycles. The molecule has 0 aromatic rings. The topological polar surface area (TPSA) is 64.3 Å². The van der Waals surface area contributed by atoms with E-state index in [1.54, 1.807) is 5.57 Å². The first-order valence-corrected chi connectivity index (χ1v) is 14.1. The summed E-state index contributed by atoms with van der Waals surface area (Å²) in [5, 5.41) is 2.76. The highest BCUT2D eigenvalue weighted by atomic mass is 16.6. The summed E-state index contributed by atoms with van der Waals surface area (Å²) in [6.07, 6.45) is 18.1. The number of amides is 1. The van der Waals surface area contributed by atoms with E-state index in [-0.39, 0.29) is 12.2 Å². The summed E-state index contributed by atoms with van der Waals surface area (Å²) in [7, 11) is 0. The van der Waals surface area contributed by atoms with E-state index in [9.17, 15) is 4.79 Å². The third-order valence-corrected chi connectivity index (χ3v) is 10.5. The number of carbonyl (C=O) groups excluding carboxylic acids is 1. The third-order valence-electron chi connectivity index (χ3n) is 10.5. The molecule has 7 atom stereocenters. The molecule has 0 aromatic carbocycles. The molecule has 4 aliphatic carbocycles. The van der Waals surface area contributed by atoms with Crippen molar-refractivity contribution in [3.8, 4) is 0 Å². The smallest absolute Gasteiger partial charge is 0.407 e. The van der Waals surface area contributed by atoms with E-state index < -0.39 is 0 Å². The molecule has 0 radical (unpaired) electrons. The van der Waals surface area contributed by atoms with Crippen molar-refractivity contribution in [2.75, 3.05) is 13.1 Å². The zero-order valence-electron chi connectivity index (χ0n) is 21.8. The number of hydrogen-bond acceptors (Lipinski definition) is 3. The number of allylic oxidation sites excluding steroid dienone is 1. The lowest BCUT2D eigenvalue weighted by Gasteiger charge is -2.58. The Bertz CT molecular complexity index is 718. The maximum absolute atomic E-state index is 12.0. The van der Waals surface area contributed by atoms with Gasteiger partial charge in [0.15, 0.2) is 0 Å². The van der Waals surface area contributed by atoms with E-state index >= 15 is 0 Å². The fraction of sp³-hybridized carbons (Fsp3) is 0.897. The highest BCUT2D eigenvalue weighted by molar-refractivity contribution is 5.67. The fourth-order valence-corrected chi connectivity index (χ4v) is 8.62. The normalized spacial score (nSPS) is 39.9. The average Bonchev–Trinajstić information content (AvgIpc) is 3.11. The Morgan fingerprint density at radius 3 is 2.73 bits per heavy atom. The average molecular weight is 459 g/mol. The summed E-state index contributed by atoms with van der Waals surface area (Å²) in [5.74, 6) is 4.39. The lowest BCUT2D eigenvalue weighted by molar-refractivity contribution is -0.0519. The van der Waals surface area contributed by atoms with Crippen molar-refractivity contribution in [1.29, 1.82) is 0 Å². The van der Waals surface area contributed by atoms with Gasteiger partial charge in [-0.25, -0.2) is 4.79 Å². The van der Waals surface area contributed by atoms with Crippen LogP contribution >= 0.6 is 0 Å². The van der Waals surface area contributed by atoms with Crippen LogP contribution in [0.5, 0.6) is 0 Å². The third kappa shape index (κ3) is 5.02. The van der Waals surface area contributed by atoms with Gasteiger partial charge in [-0.15, -0.1) is 0 Å². The van der Waals surface area contributed by atoms with Crippen LogP contribution in [0, 0.1) is 40.4 Å². The van der Waals surface area contributed by atoms with Crippen molar-refractivity contribution >= 4 is 6.09 Å². The summed E-state index contributed by atoms with van der Waals surface area (Å²) in [4.78, 5) is 12.0. The number of alkyl carbamates (subject to hydrolysis) is 1. The van der Waals surface area contributed by atoms with Crippen LogP contribution in [0.3, 0.4) is 0 Å². The number of rotatable bonds is 8. The molecule has 1 amide bonds. The first kappa shape index (κ1) is 25.1. The molecule has 3 N–H and O–H groups in total. The maximum Gasteiger partial charge on any atom is 0.407 e. The van der Waals surface area contributed by atoms with Gasteiger partial charge in [0.25, 0.3) is 0 Å². The standard InChI is InChI=1S/C29H50N2O2/c1-20(2)7-5-6-8-21-10-12-25-24-11-9-22-19-23(33-27(32)31-18-17-30)13-15-29(22,4)26(24)14-16-28(21,25)3/h9,20-21,23-26H,5-8,10-19,30H2,1-4H3,(H,31,32). The van der Waals surface area contributed by atoms with Crippen LogP contribution in [0.4, 0.5) is 4.79 Å². The van der Waals surface area contributed by atoms with Crippen molar-refractivity contribution in [1.82, 2.24) is 5.32 Å². The van der Waals surface area contributed by atoms with Gasteiger partial charge in [-0.05, 0) is 91.8 Å². The predicted octanol–water partition coefficient (Wildman–Crippen LogP) is 6.84. The van der Waals surface area contributed by atoms with E-state index in [0.717, 1.165) is 48.9 Å². The van der Waals surface area contributed by atoms with Gasteiger partial charge in [-0.2, -0.15) is 0 Å². The zero-order valence-corrected chi connectivity index (χ0v) is 21.8. The minimum Gasteiger partial charge on any atom is -0.446 e. The van der Waals surface area contributed by atoms with Gasteiger partial charge < -0.3 is 15.8 Å². The molecule has 0 aliphatic heterocycles. The number of fused-ring (bicyclic) bond motifs is 5. The van der Waals surface area contributed by atoms with Crippen LogP contribution in [0.2, 0.25) is 0 Å². The van der Waals surface area contributed by atoms with Crippen LogP contribution in [-0.2, 0) is 4.74 Å². The molecule has 0 aromatic heterocycles. The molecule has 4 heteroatoms. The number of nitrogens with two attached hydrogens (primary N) is 1. The van der Waals surface area contributed by atoms with Gasteiger partial charge in [0.2, 0.25) is 0 Å². The van der Waals surface area contributed by atoms with Gasteiger partial charge >= 0.3 is 6.09 Å². The Kier molecular flexibility index (Phi) is 7.83. The van der Waals surface area contributed by atoms with E-state index in [0.29, 0.717) is 23.9 Å². The highest BCUT2D eigenvalue weighted by Gasteiger charge is 2.58. The summed E-state index contributed by atoms with van der Waals surface area (Å²) < 4.78 is 5.74. The monoisotopic (exact) mass is 458 g/mol. The molecule has 188 valence electrons.